The number of carbonyl (C=O) groups excluding carboxylic acids is 1. The Hall–Kier alpha value is -4.42. The summed E-state index contributed by atoms with van der Waals surface area (Å²) in [5, 5.41) is 2.29. The van der Waals surface area contributed by atoms with Gasteiger partial charge >= 0.3 is 0 Å². The molecule has 1 aliphatic heterocycles. The van der Waals surface area contributed by atoms with Gasteiger partial charge < -0.3 is 19.4 Å². The van der Waals surface area contributed by atoms with Crippen LogP contribution in [-0.2, 0) is 0 Å². The topological polar surface area (TPSA) is 57.2 Å². The molecular weight excluding hydrogens is 470 g/mol. The van der Waals surface area contributed by atoms with E-state index in [-0.39, 0.29) is 11.9 Å². The number of hydrogen-bond donors (Lipinski definition) is 1. The van der Waals surface area contributed by atoms with Crippen molar-refractivity contribution >= 4 is 22.8 Å². The van der Waals surface area contributed by atoms with Crippen LogP contribution in [0.15, 0.2) is 104 Å². The highest BCUT2D eigenvalue weighted by atomic mass is 16.2. The normalized spacial score (nSPS) is 15.3. The summed E-state index contributed by atoms with van der Waals surface area (Å²) in [7, 11) is 2.11. The summed E-state index contributed by atoms with van der Waals surface area (Å²) in [6.45, 7) is 3.22. The molecule has 6 heteroatoms. The van der Waals surface area contributed by atoms with E-state index in [1.54, 1.807) is 6.33 Å². The van der Waals surface area contributed by atoms with Gasteiger partial charge in [-0.1, -0.05) is 84.9 Å². The fraction of sp³-hybridized carbons (Fsp3) is 0.188. The Morgan fingerprint density at radius 3 is 2.45 bits per heavy atom. The number of piperazine rings is 1. The SMILES string of the molecule is CN1CCN(C(=O)c2cn(C(C=Cc3ccccc3)c3cnc[nH]3)cc2-c2cccc3ccccc23)CC1. The fourth-order valence-electron chi connectivity index (χ4n) is 5.22. The largest absolute Gasteiger partial charge is 0.346 e. The molecule has 190 valence electrons. The van der Waals surface area contributed by atoms with Gasteiger partial charge in [0.25, 0.3) is 5.91 Å². The number of rotatable bonds is 6. The Balaban J connectivity index is 1.48. The van der Waals surface area contributed by atoms with Gasteiger partial charge in [0.1, 0.15) is 0 Å². The lowest BCUT2D eigenvalue weighted by Gasteiger charge is -2.32. The number of fused-ring (bicyclic) bond motifs is 1. The van der Waals surface area contributed by atoms with Crippen LogP contribution in [0.3, 0.4) is 0 Å². The lowest BCUT2D eigenvalue weighted by molar-refractivity contribution is 0.0665. The summed E-state index contributed by atoms with van der Waals surface area (Å²) >= 11 is 0. The standard InChI is InChI=1S/C32H31N5O/c1-35-16-18-36(19-17-35)32(38)29-22-37(21-28(29)27-13-7-11-25-10-5-6-12-26(25)27)31(30-20-33-23-34-30)15-14-24-8-3-2-4-9-24/h2-15,20-23,31H,16-19H2,1H3,(H,33,34). The van der Waals surface area contributed by atoms with Crippen molar-refractivity contribution in [3.8, 4) is 11.1 Å². The monoisotopic (exact) mass is 501 g/mol. The molecule has 0 saturated carbocycles. The van der Waals surface area contributed by atoms with Gasteiger partial charge in [0, 0.05) is 44.1 Å². The molecule has 1 atom stereocenters. The molecule has 3 aromatic carbocycles. The van der Waals surface area contributed by atoms with E-state index in [4.69, 9.17) is 0 Å². The van der Waals surface area contributed by atoms with Crippen LogP contribution in [0.25, 0.3) is 28.0 Å². The first-order chi connectivity index (χ1) is 18.7. The zero-order chi connectivity index (χ0) is 25.9. The number of allylic oxidation sites excluding steroid dienone is 1. The van der Waals surface area contributed by atoms with Crippen molar-refractivity contribution in [3.05, 3.63) is 121 Å². The zero-order valence-electron chi connectivity index (χ0n) is 21.5. The molecule has 6 nitrogen and oxygen atoms in total. The molecule has 5 aromatic rings. The maximum Gasteiger partial charge on any atom is 0.256 e. The molecule has 1 amide bonds. The van der Waals surface area contributed by atoms with Gasteiger partial charge in [-0.3, -0.25) is 4.79 Å². The number of likely N-dealkylation sites (N-methyl/N-ethyl adjacent to an activating group) is 1. The highest BCUT2D eigenvalue weighted by Gasteiger charge is 2.26. The third-order valence-corrected chi connectivity index (χ3v) is 7.38. The van der Waals surface area contributed by atoms with Crippen LogP contribution in [0, 0.1) is 0 Å². The van der Waals surface area contributed by atoms with Crippen LogP contribution in [0.2, 0.25) is 0 Å². The quantitative estimate of drug-likeness (QED) is 0.324. The van der Waals surface area contributed by atoms with Crippen molar-refractivity contribution in [1.82, 2.24) is 24.3 Å². The molecule has 0 spiro atoms. The average molecular weight is 502 g/mol. The average Bonchev–Trinajstić information content (AvgIpc) is 3.65. The Morgan fingerprint density at radius 1 is 0.895 bits per heavy atom. The second kappa shape index (κ2) is 10.5. The van der Waals surface area contributed by atoms with Gasteiger partial charge in [-0.15, -0.1) is 0 Å². The van der Waals surface area contributed by atoms with Crippen molar-refractivity contribution in [1.29, 1.82) is 0 Å². The van der Waals surface area contributed by atoms with Gasteiger partial charge in [-0.05, 0) is 28.9 Å². The number of H-pyrrole nitrogens is 1. The number of nitrogens with one attached hydrogen (secondary N) is 1. The number of carbonyl (C=O) groups is 1. The van der Waals surface area contributed by atoms with E-state index < -0.39 is 0 Å². The molecule has 1 aliphatic rings. The number of benzene rings is 3. The van der Waals surface area contributed by atoms with E-state index in [0.29, 0.717) is 0 Å². The fourth-order valence-corrected chi connectivity index (χ4v) is 5.22. The Bertz CT molecular complexity index is 1560. The lowest BCUT2D eigenvalue weighted by atomic mass is 9.97. The number of hydrogen-bond acceptors (Lipinski definition) is 3. The van der Waals surface area contributed by atoms with Crippen molar-refractivity contribution in [2.45, 2.75) is 6.04 Å². The molecule has 1 saturated heterocycles. The summed E-state index contributed by atoms with van der Waals surface area (Å²) in [5.74, 6) is 0.0789. The first kappa shape index (κ1) is 23.9. The minimum Gasteiger partial charge on any atom is -0.346 e. The van der Waals surface area contributed by atoms with Crippen LogP contribution in [0.4, 0.5) is 0 Å². The van der Waals surface area contributed by atoms with Crippen LogP contribution in [0.5, 0.6) is 0 Å². The summed E-state index contributed by atoms with van der Waals surface area (Å²) in [6.07, 6.45) is 11.9. The number of imidazole rings is 1. The summed E-state index contributed by atoms with van der Waals surface area (Å²) < 4.78 is 2.13. The predicted octanol–water partition coefficient (Wildman–Crippen LogP) is 5.72. The first-order valence-corrected chi connectivity index (χ1v) is 13.1. The van der Waals surface area contributed by atoms with E-state index in [0.717, 1.165) is 64.9 Å². The second-order valence-corrected chi connectivity index (χ2v) is 9.88. The van der Waals surface area contributed by atoms with Crippen LogP contribution >= 0.6 is 0 Å². The lowest BCUT2D eigenvalue weighted by Crippen LogP contribution is -2.47. The first-order valence-electron chi connectivity index (χ1n) is 13.1. The zero-order valence-corrected chi connectivity index (χ0v) is 21.5. The molecule has 3 heterocycles. The van der Waals surface area contributed by atoms with Crippen molar-refractivity contribution in [2.24, 2.45) is 0 Å². The van der Waals surface area contributed by atoms with Crippen molar-refractivity contribution in [3.63, 3.8) is 0 Å². The molecule has 1 unspecified atom stereocenters. The number of aromatic amines is 1. The molecule has 2 aromatic heterocycles. The summed E-state index contributed by atoms with van der Waals surface area (Å²) in [6, 6.07) is 24.8. The van der Waals surface area contributed by atoms with Gasteiger partial charge in [0.2, 0.25) is 0 Å². The van der Waals surface area contributed by atoms with Gasteiger partial charge in [-0.25, -0.2) is 4.98 Å². The van der Waals surface area contributed by atoms with Crippen LogP contribution < -0.4 is 0 Å². The third kappa shape index (κ3) is 4.78. The molecule has 0 aliphatic carbocycles. The van der Waals surface area contributed by atoms with Crippen LogP contribution in [-0.4, -0.2) is 63.5 Å². The smallest absolute Gasteiger partial charge is 0.256 e. The maximum atomic E-state index is 14.0. The van der Waals surface area contributed by atoms with E-state index in [2.05, 4.69) is 99.4 Å². The summed E-state index contributed by atoms with van der Waals surface area (Å²) in [5.41, 5.74) is 4.81. The third-order valence-electron chi connectivity index (χ3n) is 7.38. The minimum absolute atomic E-state index is 0.0789. The molecule has 6 rings (SSSR count). The molecular formula is C32H31N5O. The predicted molar refractivity (Wildman–Crippen MR) is 153 cm³/mol. The van der Waals surface area contributed by atoms with Gasteiger partial charge in [0.15, 0.2) is 0 Å². The van der Waals surface area contributed by atoms with E-state index in [1.165, 1.54) is 0 Å². The number of nitrogens with zero attached hydrogens (tertiary/aromatic N) is 4. The van der Waals surface area contributed by atoms with E-state index >= 15 is 0 Å². The number of aromatic nitrogens is 3. The molecule has 38 heavy (non-hydrogen) atoms. The van der Waals surface area contributed by atoms with E-state index in [9.17, 15) is 4.79 Å². The van der Waals surface area contributed by atoms with Gasteiger partial charge in [0.05, 0.1) is 29.8 Å². The Labute approximate surface area is 222 Å². The Kier molecular flexibility index (Phi) is 6.63. The molecule has 0 radical (unpaired) electrons. The highest BCUT2D eigenvalue weighted by molar-refractivity contribution is 6.06. The molecule has 1 fully saturated rings. The Morgan fingerprint density at radius 2 is 1.66 bits per heavy atom. The van der Waals surface area contributed by atoms with Gasteiger partial charge in [-0.2, -0.15) is 0 Å². The molecule has 1 N–H and O–H groups in total. The second-order valence-electron chi connectivity index (χ2n) is 9.88. The van der Waals surface area contributed by atoms with E-state index in [1.807, 2.05) is 35.5 Å². The summed E-state index contributed by atoms with van der Waals surface area (Å²) in [4.78, 5) is 25.8. The van der Waals surface area contributed by atoms with Crippen molar-refractivity contribution < 1.29 is 4.79 Å². The van der Waals surface area contributed by atoms with Crippen molar-refractivity contribution in [2.75, 3.05) is 33.2 Å². The van der Waals surface area contributed by atoms with Crippen LogP contribution in [0.1, 0.15) is 27.7 Å². The molecule has 0 bridgehead atoms. The minimum atomic E-state index is -0.152. The number of amides is 1. The highest BCUT2D eigenvalue weighted by Crippen LogP contribution is 2.34. The maximum absolute atomic E-state index is 14.0.